The Morgan fingerprint density at radius 1 is 1.00 bits per heavy atom. The normalized spacial score (nSPS) is 9.56. The van der Waals surface area contributed by atoms with Gasteiger partial charge in [0.2, 0.25) is 0 Å². The van der Waals surface area contributed by atoms with Crippen LogP contribution in [0.5, 0.6) is 0 Å². The molecule has 0 unspecified atom stereocenters. The molecule has 80 valence electrons. The number of thiol groups is 1. The summed E-state index contributed by atoms with van der Waals surface area (Å²) in [5.41, 5.74) is 2.17. The second kappa shape index (κ2) is 5.27. The minimum Gasteiger partial charge on any atom is -0.254 e. The minimum atomic E-state index is 0.663. The number of hydrazone groups is 1. The van der Waals surface area contributed by atoms with Gasteiger partial charge in [-0.15, -0.1) is 0 Å². The van der Waals surface area contributed by atoms with E-state index in [0.29, 0.717) is 5.71 Å². The van der Waals surface area contributed by atoms with Crippen LogP contribution in [0.1, 0.15) is 11.4 Å². The van der Waals surface area contributed by atoms with Gasteiger partial charge in [-0.2, -0.15) is 5.10 Å². The number of hydrogen-bond acceptors (Lipinski definition) is 5. The van der Waals surface area contributed by atoms with Crippen molar-refractivity contribution in [3.63, 3.8) is 0 Å². The highest BCUT2D eigenvalue weighted by atomic mass is 32.1. The topological polar surface area (TPSA) is 50.2 Å². The van der Waals surface area contributed by atoms with Gasteiger partial charge in [0.1, 0.15) is 5.71 Å². The summed E-state index contributed by atoms with van der Waals surface area (Å²) in [6.07, 6.45) is 3.43. The van der Waals surface area contributed by atoms with Crippen LogP contribution in [-0.4, -0.2) is 15.7 Å². The molecule has 0 bridgehead atoms. The predicted octanol–water partition coefficient (Wildman–Crippen LogP) is 1.66. The molecule has 2 heterocycles. The first kappa shape index (κ1) is 10.6. The molecular formula is C11H10N4S. The van der Waals surface area contributed by atoms with Crippen molar-refractivity contribution < 1.29 is 0 Å². The fraction of sp³-hybridized carbons (Fsp3) is 0. The molecule has 0 radical (unpaired) electrons. The monoisotopic (exact) mass is 230 g/mol. The molecule has 0 aliphatic carbocycles. The van der Waals surface area contributed by atoms with Crippen LogP contribution in [0.2, 0.25) is 0 Å². The molecule has 0 saturated carbocycles. The molecule has 1 N–H and O–H groups in total. The molecule has 0 spiro atoms. The summed E-state index contributed by atoms with van der Waals surface area (Å²) >= 11 is 3.87. The Balaban J connectivity index is 2.44. The Kier molecular flexibility index (Phi) is 3.50. The second-order valence-corrected chi connectivity index (χ2v) is 3.19. The smallest absolute Gasteiger partial charge is 0.135 e. The van der Waals surface area contributed by atoms with Gasteiger partial charge in [-0.1, -0.05) is 24.9 Å². The van der Waals surface area contributed by atoms with Gasteiger partial charge in [-0.3, -0.25) is 14.8 Å². The third-order valence-corrected chi connectivity index (χ3v) is 2.08. The highest BCUT2D eigenvalue weighted by molar-refractivity contribution is 7.78. The van der Waals surface area contributed by atoms with E-state index in [1.54, 1.807) is 12.4 Å². The molecule has 0 fully saturated rings. The van der Waals surface area contributed by atoms with Gasteiger partial charge < -0.3 is 0 Å². The molecule has 2 rings (SSSR count). The zero-order valence-corrected chi connectivity index (χ0v) is 9.30. The van der Waals surface area contributed by atoms with Crippen molar-refractivity contribution >= 4 is 18.5 Å². The van der Waals surface area contributed by atoms with Gasteiger partial charge in [0.25, 0.3) is 0 Å². The standard InChI is InChI=1S/C11H10N4S/c16-15-14-11(9-5-1-3-7-12-9)10-6-2-4-8-13-10/h1-8,15-16H. The van der Waals surface area contributed by atoms with Crippen LogP contribution in [0.15, 0.2) is 53.9 Å². The van der Waals surface area contributed by atoms with Gasteiger partial charge in [-0.25, -0.2) is 0 Å². The third-order valence-electron chi connectivity index (χ3n) is 1.98. The molecule has 0 aliphatic rings. The van der Waals surface area contributed by atoms with Crippen molar-refractivity contribution in [2.75, 3.05) is 0 Å². The van der Waals surface area contributed by atoms with E-state index in [1.807, 2.05) is 36.4 Å². The number of nitrogens with one attached hydrogen (secondary N) is 1. The fourth-order valence-corrected chi connectivity index (χ4v) is 1.40. The van der Waals surface area contributed by atoms with E-state index in [0.717, 1.165) is 11.4 Å². The van der Waals surface area contributed by atoms with Crippen LogP contribution in [-0.2, 0) is 0 Å². The lowest BCUT2D eigenvalue weighted by molar-refractivity contribution is 1.10. The zero-order chi connectivity index (χ0) is 11.2. The number of nitrogens with zero attached hydrogens (tertiary/aromatic N) is 3. The largest absolute Gasteiger partial charge is 0.254 e. The Bertz CT molecular complexity index is 428. The molecule has 0 amide bonds. The molecule has 0 saturated heterocycles. The Labute approximate surface area is 99.0 Å². The average molecular weight is 230 g/mol. The maximum Gasteiger partial charge on any atom is 0.135 e. The van der Waals surface area contributed by atoms with E-state index in [9.17, 15) is 0 Å². The molecular weight excluding hydrogens is 220 g/mol. The van der Waals surface area contributed by atoms with Crippen LogP contribution in [0, 0.1) is 0 Å². The van der Waals surface area contributed by atoms with E-state index in [4.69, 9.17) is 0 Å². The lowest BCUT2D eigenvalue weighted by Crippen LogP contribution is -2.10. The summed E-state index contributed by atoms with van der Waals surface area (Å²) in [5, 5.41) is 4.07. The van der Waals surface area contributed by atoms with E-state index >= 15 is 0 Å². The van der Waals surface area contributed by atoms with E-state index in [1.165, 1.54) is 0 Å². The molecule has 2 aromatic rings. The summed E-state index contributed by atoms with van der Waals surface area (Å²) in [4.78, 5) is 10.9. The molecule has 16 heavy (non-hydrogen) atoms. The summed E-state index contributed by atoms with van der Waals surface area (Å²) in [7, 11) is 0. The van der Waals surface area contributed by atoms with Crippen LogP contribution in [0.25, 0.3) is 0 Å². The van der Waals surface area contributed by atoms with E-state index < -0.39 is 0 Å². The number of aromatic nitrogens is 2. The highest BCUT2D eigenvalue weighted by Gasteiger charge is 2.08. The van der Waals surface area contributed by atoms with Gasteiger partial charge >= 0.3 is 0 Å². The first-order chi connectivity index (χ1) is 7.92. The molecule has 5 heteroatoms. The summed E-state index contributed by atoms with van der Waals surface area (Å²) in [5.74, 6) is 0. The Morgan fingerprint density at radius 3 is 1.94 bits per heavy atom. The average Bonchev–Trinajstić information content (AvgIpc) is 2.38. The van der Waals surface area contributed by atoms with E-state index in [2.05, 4.69) is 32.7 Å². The van der Waals surface area contributed by atoms with Gasteiger partial charge in [0.15, 0.2) is 0 Å². The molecule has 0 aromatic carbocycles. The quantitative estimate of drug-likeness (QED) is 0.479. The van der Waals surface area contributed by atoms with Crippen LogP contribution in [0.3, 0.4) is 0 Å². The Hall–Kier alpha value is -1.88. The zero-order valence-electron chi connectivity index (χ0n) is 8.41. The van der Waals surface area contributed by atoms with Crippen LogP contribution < -0.4 is 4.83 Å². The van der Waals surface area contributed by atoms with Crippen molar-refractivity contribution in [3.8, 4) is 0 Å². The fourth-order valence-electron chi connectivity index (χ4n) is 1.30. The van der Waals surface area contributed by atoms with Gasteiger partial charge in [0, 0.05) is 12.4 Å². The maximum absolute atomic E-state index is 4.23. The van der Waals surface area contributed by atoms with E-state index in [-0.39, 0.29) is 0 Å². The molecule has 0 atom stereocenters. The lowest BCUT2D eigenvalue weighted by Gasteiger charge is -2.03. The van der Waals surface area contributed by atoms with Gasteiger partial charge in [-0.05, 0) is 24.3 Å². The van der Waals surface area contributed by atoms with Crippen molar-refractivity contribution in [1.82, 2.24) is 14.8 Å². The summed E-state index contributed by atoms with van der Waals surface area (Å²) < 4.78 is 0. The molecule has 0 aliphatic heterocycles. The van der Waals surface area contributed by atoms with Crippen molar-refractivity contribution in [1.29, 1.82) is 0 Å². The lowest BCUT2D eigenvalue weighted by atomic mass is 10.1. The first-order valence-corrected chi connectivity index (χ1v) is 5.16. The number of pyridine rings is 2. The summed E-state index contributed by atoms with van der Waals surface area (Å²) in [6, 6.07) is 11.3. The van der Waals surface area contributed by atoms with Crippen molar-refractivity contribution in [3.05, 3.63) is 60.2 Å². The van der Waals surface area contributed by atoms with Gasteiger partial charge in [0.05, 0.1) is 11.4 Å². The SMILES string of the molecule is SNN=C(c1ccccn1)c1ccccn1. The maximum atomic E-state index is 4.23. The first-order valence-electron chi connectivity index (χ1n) is 4.71. The van der Waals surface area contributed by atoms with Crippen molar-refractivity contribution in [2.24, 2.45) is 5.10 Å². The minimum absolute atomic E-state index is 0.663. The second-order valence-electron chi connectivity index (χ2n) is 2.99. The molecule has 4 nitrogen and oxygen atoms in total. The highest BCUT2D eigenvalue weighted by Crippen LogP contribution is 2.05. The third kappa shape index (κ3) is 2.38. The number of rotatable bonds is 3. The molecule has 2 aromatic heterocycles. The van der Waals surface area contributed by atoms with Crippen molar-refractivity contribution in [2.45, 2.75) is 0 Å². The summed E-state index contributed by atoms with van der Waals surface area (Å²) in [6.45, 7) is 0. The van der Waals surface area contributed by atoms with Crippen LogP contribution >= 0.6 is 12.8 Å². The predicted molar refractivity (Wildman–Crippen MR) is 66.2 cm³/mol. The van der Waals surface area contributed by atoms with Crippen LogP contribution in [0.4, 0.5) is 0 Å². The Morgan fingerprint density at radius 2 is 1.56 bits per heavy atom. The number of hydrogen-bond donors (Lipinski definition) is 2.